The first-order valence-corrected chi connectivity index (χ1v) is 6.69. The van der Waals surface area contributed by atoms with Gasteiger partial charge in [0.1, 0.15) is 0 Å². The highest BCUT2D eigenvalue weighted by Crippen LogP contribution is 2.06. The minimum absolute atomic E-state index is 0.527. The zero-order chi connectivity index (χ0) is 13.1. The van der Waals surface area contributed by atoms with E-state index in [2.05, 4.69) is 15.0 Å². The minimum Gasteiger partial charge on any atom is -0.379 e. The molecule has 0 spiro atoms. The average Bonchev–Trinajstić information content (AvgIpc) is 2.88. The van der Waals surface area contributed by atoms with Crippen molar-refractivity contribution >= 4 is 5.65 Å². The van der Waals surface area contributed by atoms with E-state index in [4.69, 9.17) is 10.5 Å². The van der Waals surface area contributed by atoms with Gasteiger partial charge in [0.25, 0.3) is 0 Å². The molecule has 0 radical (unpaired) electrons. The van der Waals surface area contributed by atoms with E-state index in [1.54, 1.807) is 0 Å². The number of fused-ring (bicyclic) bond motifs is 1. The van der Waals surface area contributed by atoms with Gasteiger partial charge in [-0.25, -0.2) is 9.50 Å². The van der Waals surface area contributed by atoms with Gasteiger partial charge in [-0.05, 0) is 11.6 Å². The van der Waals surface area contributed by atoms with Gasteiger partial charge in [-0.3, -0.25) is 4.90 Å². The van der Waals surface area contributed by atoms with Crippen molar-refractivity contribution in [1.82, 2.24) is 19.5 Å². The molecule has 2 N–H and O–H groups in total. The highest BCUT2D eigenvalue weighted by Gasteiger charge is 2.11. The van der Waals surface area contributed by atoms with Crippen molar-refractivity contribution in [2.75, 3.05) is 32.8 Å². The molecule has 0 aliphatic carbocycles. The van der Waals surface area contributed by atoms with Crippen LogP contribution < -0.4 is 5.73 Å². The molecule has 1 aliphatic heterocycles. The molecule has 19 heavy (non-hydrogen) atoms. The Hall–Kier alpha value is -1.50. The monoisotopic (exact) mass is 261 g/mol. The van der Waals surface area contributed by atoms with Crippen LogP contribution in [0.2, 0.25) is 0 Å². The molecule has 0 unspecified atom stereocenters. The topological polar surface area (TPSA) is 68.7 Å². The third-order valence-corrected chi connectivity index (χ3v) is 3.43. The second kappa shape index (κ2) is 5.64. The summed E-state index contributed by atoms with van der Waals surface area (Å²) in [6.45, 7) is 5.19. The summed E-state index contributed by atoms with van der Waals surface area (Å²) in [6, 6.07) is 3.96. The molecule has 0 amide bonds. The lowest BCUT2D eigenvalue weighted by Crippen LogP contribution is -2.37. The normalized spacial score (nSPS) is 17.1. The zero-order valence-corrected chi connectivity index (χ0v) is 11.0. The maximum atomic E-state index is 5.62. The van der Waals surface area contributed by atoms with Crippen molar-refractivity contribution in [1.29, 1.82) is 0 Å². The van der Waals surface area contributed by atoms with Crippen LogP contribution in [0.5, 0.6) is 0 Å². The number of aromatic nitrogens is 3. The van der Waals surface area contributed by atoms with Crippen molar-refractivity contribution in [2.45, 2.75) is 13.0 Å². The smallest absolute Gasteiger partial charge is 0.155 e. The summed E-state index contributed by atoms with van der Waals surface area (Å²) < 4.78 is 7.15. The predicted octanol–water partition coefficient (Wildman–Crippen LogP) is 0.0627. The molecule has 102 valence electrons. The fraction of sp³-hybridized carbons (Fsp3) is 0.538. The van der Waals surface area contributed by atoms with Crippen LogP contribution in [0.15, 0.2) is 18.3 Å². The van der Waals surface area contributed by atoms with Crippen molar-refractivity contribution in [3.05, 3.63) is 29.7 Å². The summed E-state index contributed by atoms with van der Waals surface area (Å²) in [5, 5.41) is 4.50. The van der Waals surface area contributed by atoms with E-state index in [1.165, 1.54) is 0 Å². The van der Waals surface area contributed by atoms with Gasteiger partial charge >= 0.3 is 0 Å². The summed E-state index contributed by atoms with van der Waals surface area (Å²) in [4.78, 5) is 6.92. The van der Waals surface area contributed by atoms with E-state index < -0.39 is 0 Å². The summed E-state index contributed by atoms with van der Waals surface area (Å²) >= 11 is 0. The average molecular weight is 261 g/mol. The number of nitrogens with two attached hydrogens (primary N) is 1. The molecule has 1 fully saturated rings. The van der Waals surface area contributed by atoms with Gasteiger partial charge in [-0.2, -0.15) is 5.10 Å². The van der Waals surface area contributed by atoms with Crippen LogP contribution in [0.3, 0.4) is 0 Å². The summed E-state index contributed by atoms with van der Waals surface area (Å²) in [5.41, 5.74) is 7.57. The molecule has 2 aromatic rings. The Balaban J connectivity index is 1.67. The molecule has 0 saturated carbocycles. The third kappa shape index (κ3) is 2.91. The minimum atomic E-state index is 0.527. The molecule has 2 aromatic heterocycles. The van der Waals surface area contributed by atoms with Crippen molar-refractivity contribution in [3.8, 4) is 0 Å². The van der Waals surface area contributed by atoms with Crippen molar-refractivity contribution in [3.63, 3.8) is 0 Å². The lowest BCUT2D eigenvalue weighted by molar-refractivity contribution is 0.0382. The molecular formula is C13H19N5O. The number of pyridine rings is 1. The molecular weight excluding hydrogens is 242 g/mol. The van der Waals surface area contributed by atoms with Gasteiger partial charge in [0, 0.05) is 38.8 Å². The second-order valence-electron chi connectivity index (χ2n) is 4.78. The highest BCUT2D eigenvalue weighted by atomic mass is 16.5. The lowest BCUT2D eigenvalue weighted by atomic mass is 10.3. The van der Waals surface area contributed by atoms with Crippen LogP contribution in [0.4, 0.5) is 0 Å². The van der Waals surface area contributed by atoms with Gasteiger partial charge in [0.05, 0.1) is 13.2 Å². The summed E-state index contributed by atoms with van der Waals surface area (Å²) in [5.74, 6) is 0.890. The van der Waals surface area contributed by atoms with Crippen LogP contribution in [0, 0.1) is 0 Å². The Morgan fingerprint density at radius 1 is 1.26 bits per heavy atom. The van der Waals surface area contributed by atoms with E-state index in [0.29, 0.717) is 6.54 Å². The van der Waals surface area contributed by atoms with Gasteiger partial charge in [0.15, 0.2) is 11.5 Å². The molecule has 0 atom stereocenters. The molecule has 6 heteroatoms. The van der Waals surface area contributed by atoms with E-state index >= 15 is 0 Å². The Morgan fingerprint density at radius 3 is 2.89 bits per heavy atom. The molecule has 3 heterocycles. The van der Waals surface area contributed by atoms with Gasteiger partial charge in [0.2, 0.25) is 0 Å². The predicted molar refractivity (Wildman–Crippen MR) is 71.8 cm³/mol. The molecule has 0 bridgehead atoms. The number of rotatable bonds is 4. The van der Waals surface area contributed by atoms with E-state index in [9.17, 15) is 0 Å². The Labute approximate surface area is 112 Å². The molecule has 3 rings (SSSR count). The SMILES string of the molecule is NCc1ccc2nc(CCN3CCOCC3)nn2c1. The van der Waals surface area contributed by atoms with E-state index in [-0.39, 0.29) is 0 Å². The van der Waals surface area contributed by atoms with Crippen molar-refractivity contribution in [2.24, 2.45) is 5.73 Å². The molecule has 0 aromatic carbocycles. The molecule has 6 nitrogen and oxygen atoms in total. The summed E-state index contributed by atoms with van der Waals surface area (Å²) in [6.07, 6.45) is 2.82. The first-order chi connectivity index (χ1) is 9.35. The fourth-order valence-electron chi connectivity index (χ4n) is 2.28. The van der Waals surface area contributed by atoms with Gasteiger partial charge in [-0.15, -0.1) is 0 Å². The number of hydrogen-bond acceptors (Lipinski definition) is 5. The number of hydrogen-bond donors (Lipinski definition) is 1. The number of ether oxygens (including phenoxy) is 1. The zero-order valence-electron chi connectivity index (χ0n) is 11.0. The lowest BCUT2D eigenvalue weighted by Gasteiger charge is -2.25. The van der Waals surface area contributed by atoms with E-state index in [0.717, 1.165) is 56.3 Å². The Bertz CT molecular complexity index is 547. The van der Waals surface area contributed by atoms with Crippen LogP contribution in [-0.4, -0.2) is 52.3 Å². The third-order valence-electron chi connectivity index (χ3n) is 3.43. The Kier molecular flexibility index (Phi) is 3.72. The number of morpholine rings is 1. The first kappa shape index (κ1) is 12.5. The summed E-state index contributed by atoms with van der Waals surface area (Å²) in [7, 11) is 0. The standard InChI is InChI=1S/C13H19N5O/c14-9-11-1-2-13-15-12(16-18(13)10-11)3-4-17-5-7-19-8-6-17/h1-2,10H,3-9,14H2. The van der Waals surface area contributed by atoms with E-state index in [1.807, 2.05) is 22.8 Å². The quantitative estimate of drug-likeness (QED) is 0.843. The highest BCUT2D eigenvalue weighted by molar-refractivity contribution is 5.38. The van der Waals surface area contributed by atoms with Gasteiger partial charge < -0.3 is 10.5 Å². The number of nitrogens with zero attached hydrogens (tertiary/aromatic N) is 4. The van der Waals surface area contributed by atoms with Crippen LogP contribution in [-0.2, 0) is 17.7 Å². The van der Waals surface area contributed by atoms with Gasteiger partial charge in [-0.1, -0.05) is 6.07 Å². The Morgan fingerprint density at radius 2 is 2.11 bits per heavy atom. The maximum Gasteiger partial charge on any atom is 0.155 e. The largest absolute Gasteiger partial charge is 0.379 e. The van der Waals surface area contributed by atoms with Crippen LogP contribution in [0.1, 0.15) is 11.4 Å². The van der Waals surface area contributed by atoms with Crippen LogP contribution in [0.25, 0.3) is 5.65 Å². The van der Waals surface area contributed by atoms with Crippen molar-refractivity contribution < 1.29 is 4.74 Å². The molecule has 1 saturated heterocycles. The molecule has 1 aliphatic rings. The maximum absolute atomic E-state index is 5.62. The fourth-order valence-corrected chi connectivity index (χ4v) is 2.28. The first-order valence-electron chi connectivity index (χ1n) is 6.69. The second-order valence-corrected chi connectivity index (χ2v) is 4.78. The van der Waals surface area contributed by atoms with Crippen LogP contribution >= 0.6 is 0 Å².